The van der Waals surface area contributed by atoms with Crippen molar-refractivity contribution < 1.29 is 0 Å². The molecule has 1 atom stereocenters. The highest BCUT2D eigenvalue weighted by molar-refractivity contribution is 5.03. The number of aryl methyl sites for hydroxylation is 2. The largest absolute Gasteiger partial charge is 0.317 e. The van der Waals surface area contributed by atoms with Crippen LogP contribution in [0.4, 0.5) is 0 Å². The maximum absolute atomic E-state index is 4.28. The van der Waals surface area contributed by atoms with Crippen LogP contribution >= 0.6 is 0 Å². The van der Waals surface area contributed by atoms with Gasteiger partial charge in [0.1, 0.15) is 0 Å². The third-order valence-corrected chi connectivity index (χ3v) is 2.68. The Labute approximate surface area is 92.9 Å². The molecule has 1 unspecified atom stereocenters. The monoisotopic (exact) mass is 209 g/mol. The SMILES string of the molecule is CCNCC(C)CCc1cnn(CC)c1. The minimum Gasteiger partial charge on any atom is -0.317 e. The molecule has 1 aromatic rings. The average molecular weight is 209 g/mol. The zero-order valence-electron chi connectivity index (χ0n) is 10.2. The molecule has 0 aromatic carbocycles. The van der Waals surface area contributed by atoms with Gasteiger partial charge in [0.05, 0.1) is 6.20 Å². The van der Waals surface area contributed by atoms with Crippen LogP contribution in [0.2, 0.25) is 0 Å². The average Bonchev–Trinajstić information content (AvgIpc) is 2.71. The van der Waals surface area contributed by atoms with Gasteiger partial charge in [0.25, 0.3) is 0 Å². The van der Waals surface area contributed by atoms with Crippen LogP contribution in [0.5, 0.6) is 0 Å². The molecule has 0 spiro atoms. The molecule has 0 bridgehead atoms. The molecular formula is C12H23N3. The molecule has 0 aliphatic carbocycles. The second-order valence-corrected chi connectivity index (χ2v) is 4.16. The second kappa shape index (κ2) is 6.62. The van der Waals surface area contributed by atoms with E-state index in [4.69, 9.17) is 0 Å². The first-order valence-electron chi connectivity index (χ1n) is 5.98. The van der Waals surface area contributed by atoms with Crippen molar-refractivity contribution >= 4 is 0 Å². The molecule has 0 aliphatic rings. The van der Waals surface area contributed by atoms with Gasteiger partial charge in [-0.1, -0.05) is 13.8 Å². The highest BCUT2D eigenvalue weighted by atomic mass is 15.3. The van der Waals surface area contributed by atoms with Crippen LogP contribution in [0.3, 0.4) is 0 Å². The van der Waals surface area contributed by atoms with Gasteiger partial charge in [-0.05, 0) is 44.3 Å². The predicted octanol–water partition coefficient (Wildman–Crippen LogP) is 2.08. The van der Waals surface area contributed by atoms with Crippen LogP contribution in [0.25, 0.3) is 0 Å². The van der Waals surface area contributed by atoms with Crippen LogP contribution in [0.15, 0.2) is 12.4 Å². The lowest BCUT2D eigenvalue weighted by Crippen LogP contribution is -2.20. The van der Waals surface area contributed by atoms with E-state index < -0.39 is 0 Å². The van der Waals surface area contributed by atoms with E-state index in [1.165, 1.54) is 12.0 Å². The number of nitrogens with one attached hydrogen (secondary N) is 1. The predicted molar refractivity (Wildman–Crippen MR) is 63.9 cm³/mol. The first-order chi connectivity index (χ1) is 7.26. The molecule has 1 N–H and O–H groups in total. The summed E-state index contributed by atoms with van der Waals surface area (Å²) in [7, 11) is 0. The third-order valence-electron chi connectivity index (χ3n) is 2.68. The van der Waals surface area contributed by atoms with Gasteiger partial charge in [0, 0.05) is 12.7 Å². The van der Waals surface area contributed by atoms with Crippen molar-refractivity contribution in [2.45, 2.75) is 40.2 Å². The molecule has 3 heteroatoms. The van der Waals surface area contributed by atoms with Gasteiger partial charge >= 0.3 is 0 Å². The van der Waals surface area contributed by atoms with Crippen molar-refractivity contribution in [2.24, 2.45) is 5.92 Å². The van der Waals surface area contributed by atoms with Crippen molar-refractivity contribution in [2.75, 3.05) is 13.1 Å². The maximum Gasteiger partial charge on any atom is 0.0521 e. The van der Waals surface area contributed by atoms with E-state index in [9.17, 15) is 0 Å². The molecule has 1 aromatic heterocycles. The fourth-order valence-corrected chi connectivity index (χ4v) is 1.61. The molecule has 0 saturated heterocycles. The summed E-state index contributed by atoms with van der Waals surface area (Å²) < 4.78 is 1.99. The Morgan fingerprint density at radius 3 is 2.87 bits per heavy atom. The van der Waals surface area contributed by atoms with Crippen molar-refractivity contribution in [1.29, 1.82) is 0 Å². The Hall–Kier alpha value is -0.830. The van der Waals surface area contributed by atoms with E-state index in [0.29, 0.717) is 0 Å². The summed E-state index contributed by atoms with van der Waals surface area (Å²) in [6, 6.07) is 0. The zero-order valence-corrected chi connectivity index (χ0v) is 10.2. The molecular weight excluding hydrogens is 186 g/mol. The third kappa shape index (κ3) is 4.47. The second-order valence-electron chi connectivity index (χ2n) is 4.16. The summed E-state index contributed by atoms with van der Waals surface area (Å²) >= 11 is 0. The molecule has 3 nitrogen and oxygen atoms in total. The summed E-state index contributed by atoms with van der Waals surface area (Å²) in [6.07, 6.45) is 6.53. The van der Waals surface area contributed by atoms with Crippen LogP contribution in [-0.2, 0) is 13.0 Å². The van der Waals surface area contributed by atoms with Gasteiger partial charge in [-0.3, -0.25) is 4.68 Å². The summed E-state index contributed by atoms with van der Waals surface area (Å²) in [4.78, 5) is 0. The van der Waals surface area contributed by atoms with Gasteiger partial charge < -0.3 is 5.32 Å². The number of rotatable bonds is 7. The lowest BCUT2D eigenvalue weighted by Gasteiger charge is -2.10. The summed E-state index contributed by atoms with van der Waals surface area (Å²) in [5.74, 6) is 0.745. The highest BCUT2D eigenvalue weighted by Gasteiger charge is 2.03. The van der Waals surface area contributed by atoms with Gasteiger partial charge in [-0.25, -0.2) is 0 Å². The van der Waals surface area contributed by atoms with E-state index in [-0.39, 0.29) is 0 Å². The number of hydrogen-bond donors (Lipinski definition) is 1. The Bertz CT molecular complexity index is 268. The Kier molecular flexibility index (Phi) is 5.40. The Morgan fingerprint density at radius 2 is 2.27 bits per heavy atom. The first kappa shape index (κ1) is 12.2. The minimum absolute atomic E-state index is 0.745. The quantitative estimate of drug-likeness (QED) is 0.745. The van der Waals surface area contributed by atoms with E-state index in [2.05, 4.69) is 37.4 Å². The molecule has 1 heterocycles. The van der Waals surface area contributed by atoms with Crippen LogP contribution in [-0.4, -0.2) is 22.9 Å². The van der Waals surface area contributed by atoms with E-state index in [1.54, 1.807) is 0 Å². The fraction of sp³-hybridized carbons (Fsp3) is 0.750. The summed E-state index contributed by atoms with van der Waals surface area (Å²) in [6.45, 7) is 9.72. The smallest absolute Gasteiger partial charge is 0.0521 e. The van der Waals surface area contributed by atoms with Gasteiger partial charge in [0.15, 0.2) is 0 Å². The van der Waals surface area contributed by atoms with Crippen molar-refractivity contribution in [1.82, 2.24) is 15.1 Å². The number of aromatic nitrogens is 2. The van der Waals surface area contributed by atoms with E-state index in [1.807, 2.05) is 10.9 Å². The standard InChI is InChI=1S/C12H23N3/c1-4-13-8-11(3)6-7-12-9-14-15(5-2)10-12/h9-11,13H,4-8H2,1-3H3. The molecule has 0 amide bonds. The fourth-order valence-electron chi connectivity index (χ4n) is 1.61. The highest BCUT2D eigenvalue weighted by Crippen LogP contribution is 2.08. The molecule has 1 rings (SSSR count). The molecule has 0 radical (unpaired) electrons. The lowest BCUT2D eigenvalue weighted by molar-refractivity contribution is 0.489. The normalized spacial score (nSPS) is 13.0. The van der Waals surface area contributed by atoms with Crippen molar-refractivity contribution in [3.8, 4) is 0 Å². The molecule has 15 heavy (non-hydrogen) atoms. The van der Waals surface area contributed by atoms with Crippen LogP contribution in [0, 0.1) is 5.92 Å². The van der Waals surface area contributed by atoms with E-state index in [0.717, 1.165) is 32.0 Å². The summed E-state index contributed by atoms with van der Waals surface area (Å²) in [5, 5.41) is 7.66. The van der Waals surface area contributed by atoms with E-state index >= 15 is 0 Å². The van der Waals surface area contributed by atoms with Crippen LogP contribution < -0.4 is 5.32 Å². The van der Waals surface area contributed by atoms with Crippen molar-refractivity contribution in [3.05, 3.63) is 18.0 Å². The molecule has 0 saturated carbocycles. The minimum atomic E-state index is 0.745. The molecule has 0 fully saturated rings. The van der Waals surface area contributed by atoms with Gasteiger partial charge in [-0.15, -0.1) is 0 Å². The maximum atomic E-state index is 4.28. The first-order valence-corrected chi connectivity index (χ1v) is 5.98. The molecule has 86 valence electrons. The zero-order chi connectivity index (χ0) is 11.1. The molecule has 0 aliphatic heterocycles. The Morgan fingerprint density at radius 1 is 1.47 bits per heavy atom. The van der Waals surface area contributed by atoms with Gasteiger partial charge in [-0.2, -0.15) is 5.10 Å². The van der Waals surface area contributed by atoms with Crippen molar-refractivity contribution in [3.63, 3.8) is 0 Å². The topological polar surface area (TPSA) is 29.9 Å². The lowest BCUT2D eigenvalue weighted by atomic mass is 10.0. The summed E-state index contributed by atoms with van der Waals surface area (Å²) in [5.41, 5.74) is 1.36. The number of hydrogen-bond acceptors (Lipinski definition) is 2. The van der Waals surface area contributed by atoms with Crippen LogP contribution in [0.1, 0.15) is 32.8 Å². The van der Waals surface area contributed by atoms with Gasteiger partial charge in [0.2, 0.25) is 0 Å². The Balaban J connectivity index is 2.24. The number of nitrogens with zero attached hydrogens (tertiary/aromatic N) is 2.